The van der Waals surface area contributed by atoms with E-state index >= 15 is 0 Å². The first-order valence-electron chi connectivity index (χ1n) is 9.56. The minimum Gasteiger partial charge on any atom is -0.385 e. The minimum absolute atomic E-state index is 0.0403. The molecule has 1 saturated heterocycles. The smallest absolute Gasteiger partial charge is 0.193 e. The van der Waals surface area contributed by atoms with Gasteiger partial charge in [-0.15, -0.1) is 0 Å². The molecule has 7 heteroatoms. The van der Waals surface area contributed by atoms with Crippen molar-refractivity contribution in [3.05, 3.63) is 35.4 Å². The van der Waals surface area contributed by atoms with Crippen LogP contribution in [-0.2, 0) is 9.47 Å². The SMILES string of the molecule is CN=C(NCC(C)c1ccc(F)c(F)c1)N1CCC(OCCCOC)CC1. The van der Waals surface area contributed by atoms with Crippen molar-refractivity contribution < 1.29 is 18.3 Å². The summed E-state index contributed by atoms with van der Waals surface area (Å²) in [6.45, 7) is 5.81. The van der Waals surface area contributed by atoms with E-state index in [2.05, 4.69) is 15.2 Å². The molecule has 0 bridgehead atoms. The summed E-state index contributed by atoms with van der Waals surface area (Å²) in [5.41, 5.74) is 0.764. The Morgan fingerprint density at radius 1 is 1.26 bits per heavy atom. The monoisotopic (exact) mass is 383 g/mol. The lowest BCUT2D eigenvalue weighted by atomic mass is 10.0. The molecule has 1 fully saturated rings. The molecule has 0 spiro atoms. The van der Waals surface area contributed by atoms with E-state index in [0.29, 0.717) is 6.54 Å². The van der Waals surface area contributed by atoms with Gasteiger partial charge < -0.3 is 19.7 Å². The van der Waals surface area contributed by atoms with E-state index in [1.165, 1.54) is 12.1 Å². The van der Waals surface area contributed by atoms with Crippen molar-refractivity contribution in [2.45, 2.75) is 38.2 Å². The van der Waals surface area contributed by atoms with Crippen LogP contribution in [0.15, 0.2) is 23.2 Å². The Labute approximate surface area is 160 Å². The van der Waals surface area contributed by atoms with Crippen molar-refractivity contribution >= 4 is 5.96 Å². The van der Waals surface area contributed by atoms with Gasteiger partial charge in [0.1, 0.15) is 0 Å². The Morgan fingerprint density at radius 2 is 2.00 bits per heavy atom. The number of ether oxygens (including phenoxy) is 2. The van der Waals surface area contributed by atoms with Crippen molar-refractivity contribution in [2.75, 3.05) is 47.0 Å². The van der Waals surface area contributed by atoms with Crippen molar-refractivity contribution in [3.8, 4) is 0 Å². The number of benzene rings is 1. The van der Waals surface area contributed by atoms with Crippen LogP contribution in [0.25, 0.3) is 0 Å². The highest BCUT2D eigenvalue weighted by Crippen LogP contribution is 2.18. The highest BCUT2D eigenvalue weighted by Gasteiger charge is 2.22. The number of nitrogens with zero attached hydrogens (tertiary/aromatic N) is 2. The molecular formula is C20H31F2N3O2. The van der Waals surface area contributed by atoms with E-state index < -0.39 is 11.6 Å². The normalized spacial score (nSPS) is 17.2. The zero-order valence-corrected chi connectivity index (χ0v) is 16.5. The fourth-order valence-electron chi connectivity index (χ4n) is 3.20. The Hall–Kier alpha value is -1.73. The average molecular weight is 383 g/mol. The van der Waals surface area contributed by atoms with E-state index in [1.807, 2.05) is 6.92 Å². The van der Waals surface area contributed by atoms with Gasteiger partial charge in [0.15, 0.2) is 17.6 Å². The van der Waals surface area contributed by atoms with Crippen molar-refractivity contribution in [1.29, 1.82) is 0 Å². The van der Waals surface area contributed by atoms with Gasteiger partial charge in [0.2, 0.25) is 0 Å². The second kappa shape index (κ2) is 11.2. The fourth-order valence-corrected chi connectivity index (χ4v) is 3.20. The molecule has 0 radical (unpaired) electrons. The molecule has 2 rings (SSSR count). The van der Waals surface area contributed by atoms with Gasteiger partial charge in [-0.1, -0.05) is 13.0 Å². The van der Waals surface area contributed by atoms with Gasteiger partial charge >= 0.3 is 0 Å². The third-order valence-corrected chi connectivity index (χ3v) is 4.88. The molecule has 0 aromatic heterocycles. The molecule has 1 aliphatic heterocycles. The van der Waals surface area contributed by atoms with E-state index in [1.54, 1.807) is 20.2 Å². The van der Waals surface area contributed by atoms with Gasteiger partial charge in [-0.2, -0.15) is 0 Å². The third kappa shape index (κ3) is 6.74. The van der Waals surface area contributed by atoms with E-state index in [9.17, 15) is 8.78 Å². The van der Waals surface area contributed by atoms with Gasteiger partial charge in [0.05, 0.1) is 6.10 Å². The molecule has 1 atom stereocenters. The van der Waals surface area contributed by atoms with Crippen LogP contribution in [0.5, 0.6) is 0 Å². The fraction of sp³-hybridized carbons (Fsp3) is 0.650. The molecule has 27 heavy (non-hydrogen) atoms. The number of guanidine groups is 1. The molecule has 1 unspecified atom stereocenters. The molecule has 1 aromatic carbocycles. The molecule has 1 heterocycles. The summed E-state index contributed by atoms with van der Waals surface area (Å²) >= 11 is 0. The molecule has 1 N–H and O–H groups in total. The van der Waals surface area contributed by atoms with E-state index in [4.69, 9.17) is 9.47 Å². The second-order valence-corrected chi connectivity index (χ2v) is 6.91. The molecular weight excluding hydrogens is 352 g/mol. The highest BCUT2D eigenvalue weighted by atomic mass is 19.2. The number of likely N-dealkylation sites (tertiary alicyclic amines) is 1. The van der Waals surface area contributed by atoms with Crippen LogP contribution in [0, 0.1) is 11.6 Å². The molecule has 5 nitrogen and oxygen atoms in total. The number of methoxy groups -OCH3 is 1. The number of piperidine rings is 1. The van der Waals surface area contributed by atoms with Gasteiger partial charge in [-0.3, -0.25) is 4.99 Å². The van der Waals surface area contributed by atoms with Crippen LogP contribution >= 0.6 is 0 Å². The van der Waals surface area contributed by atoms with Crippen LogP contribution < -0.4 is 5.32 Å². The summed E-state index contributed by atoms with van der Waals surface area (Å²) in [5.74, 6) is -0.751. The lowest BCUT2D eigenvalue weighted by molar-refractivity contribution is 0.00990. The van der Waals surface area contributed by atoms with Crippen LogP contribution in [-0.4, -0.2) is 64.0 Å². The highest BCUT2D eigenvalue weighted by molar-refractivity contribution is 5.80. The molecule has 0 saturated carbocycles. The van der Waals surface area contributed by atoms with Crippen LogP contribution in [0.4, 0.5) is 8.78 Å². The molecule has 0 amide bonds. The molecule has 152 valence electrons. The number of rotatable bonds is 8. The topological polar surface area (TPSA) is 46.1 Å². The second-order valence-electron chi connectivity index (χ2n) is 6.91. The largest absolute Gasteiger partial charge is 0.385 e. The van der Waals surface area contributed by atoms with Crippen molar-refractivity contribution in [3.63, 3.8) is 0 Å². The zero-order valence-electron chi connectivity index (χ0n) is 16.5. The summed E-state index contributed by atoms with van der Waals surface area (Å²) in [7, 11) is 3.46. The number of halogens is 2. The number of hydrogen-bond donors (Lipinski definition) is 1. The first-order chi connectivity index (χ1) is 13.0. The maximum Gasteiger partial charge on any atom is 0.193 e. The Bertz CT molecular complexity index is 605. The van der Waals surface area contributed by atoms with Crippen molar-refractivity contribution in [2.24, 2.45) is 4.99 Å². The zero-order chi connectivity index (χ0) is 19.6. The van der Waals surface area contributed by atoms with Gasteiger partial charge in [-0.05, 0) is 42.9 Å². The lowest BCUT2D eigenvalue weighted by Crippen LogP contribution is -2.47. The van der Waals surface area contributed by atoms with Crippen LogP contribution in [0.2, 0.25) is 0 Å². The van der Waals surface area contributed by atoms with Crippen LogP contribution in [0.1, 0.15) is 37.7 Å². The first kappa shape index (κ1) is 21.6. The predicted molar refractivity (Wildman–Crippen MR) is 103 cm³/mol. The maximum absolute atomic E-state index is 13.4. The summed E-state index contributed by atoms with van der Waals surface area (Å²) in [6.07, 6.45) is 3.14. The maximum atomic E-state index is 13.4. The first-order valence-corrected chi connectivity index (χ1v) is 9.56. The van der Waals surface area contributed by atoms with Crippen molar-refractivity contribution in [1.82, 2.24) is 10.2 Å². The minimum atomic E-state index is -0.818. The summed E-state index contributed by atoms with van der Waals surface area (Å²) in [4.78, 5) is 6.58. The Kier molecular flexibility index (Phi) is 8.94. The van der Waals surface area contributed by atoms with Gasteiger partial charge in [0.25, 0.3) is 0 Å². The average Bonchev–Trinajstić information content (AvgIpc) is 2.68. The molecule has 0 aliphatic carbocycles. The Morgan fingerprint density at radius 3 is 2.63 bits per heavy atom. The van der Waals surface area contributed by atoms with Gasteiger partial charge in [0, 0.05) is 47.0 Å². The summed E-state index contributed by atoms with van der Waals surface area (Å²) < 4.78 is 37.4. The number of hydrogen-bond acceptors (Lipinski definition) is 3. The summed E-state index contributed by atoms with van der Waals surface area (Å²) in [6, 6.07) is 4.06. The third-order valence-electron chi connectivity index (χ3n) is 4.88. The molecule has 1 aliphatic rings. The Balaban J connectivity index is 1.76. The molecule has 1 aromatic rings. The number of aliphatic imine (C=N–C) groups is 1. The van der Waals surface area contributed by atoms with Gasteiger partial charge in [-0.25, -0.2) is 8.78 Å². The van der Waals surface area contributed by atoms with Crippen LogP contribution in [0.3, 0.4) is 0 Å². The van der Waals surface area contributed by atoms with E-state index in [-0.39, 0.29) is 12.0 Å². The quantitative estimate of drug-likeness (QED) is 0.426. The standard InChI is InChI=1S/C20H31F2N3O2/c1-15(16-5-6-18(21)19(22)13-16)14-24-20(23-2)25-9-7-17(8-10-25)27-12-4-11-26-3/h5-6,13,15,17H,4,7-12,14H2,1-3H3,(H,23,24). The predicted octanol–water partition coefficient (Wildman–Crippen LogP) is 3.16. The lowest BCUT2D eigenvalue weighted by Gasteiger charge is -2.34. The van der Waals surface area contributed by atoms with E-state index in [0.717, 1.165) is 57.1 Å². The number of nitrogens with one attached hydrogen (secondary N) is 1. The summed E-state index contributed by atoms with van der Waals surface area (Å²) in [5, 5.41) is 3.35.